The lowest BCUT2D eigenvalue weighted by Crippen LogP contribution is -2.31. The van der Waals surface area contributed by atoms with Crippen molar-refractivity contribution in [1.29, 1.82) is 0 Å². The summed E-state index contributed by atoms with van der Waals surface area (Å²) in [6.45, 7) is 0.330. The van der Waals surface area contributed by atoms with E-state index in [-0.39, 0.29) is 25.4 Å². The lowest BCUT2D eigenvalue weighted by Gasteiger charge is -2.16. The monoisotopic (exact) mass is 281 g/mol. The summed E-state index contributed by atoms with van der Waals surface area (Å²) in [6.07, 6.45) is -1.57. The molecule has 1 fully saturated rings. The second kappa shape index (κ2) is 6.11. The third-order valence-corrected chi connectivity index (χ3v) is 3.45. The molecular formula is C14H19NO5. The number of benzene rings is 1. The minimum absolute atomic E-state index is 0.149. The third kappa shape index (κ3) is 3.02. The molecule has 2 rings (SSSR count). The number of ether oxygens (including phenoxy) is 2. The Labute approximate surface area is 117 Å². The van der Waals surface area contributed by atoms with Crippen molar-refractivity contribution in [3.8, 4) is 11.5 Å². The number of hydrogen-bond donors (Lipinski definition) is 2. The lowest BCUT2D eigenvalue weighted by atomic mass is 10.1. The van der Waals surface area contributed by atoms with Gasteiger partial charge in [0, 0.05) is 24.7 Å². The summed E-state index contributed by atoms with van der Waals surface area (Å²) in [5.41, 5.74) is 0.745. The maximum atomic E-state index is 12.1. The maximum absolute atomic E-state index is 12.1. The van der Waals surface area contributed by atoms with Crippen LogP contribution in [-0.2, 0) is 11.2 Å². The normalized spacial score (nSPS) is 21.9. The molecule has 0 saturated carbocycles. The Kier molecular flexibility index (Phi) is 4.46. The number of β-amino-alcohol motifs (C(OH)–C–C–N with tert-alkyl or cyclic N) is 2. The molecule has 0 aromatic heterocycles. The number of carbonyl (C=O) groups excluding carboxylic acids is 1. The highest BCUT2D eigenvalue weighted by Gasteiger charge is 2.32. The van der Waals surface area contributed by atoms with Gasteiger partial charge < -0.3 is 24.6 Å². The van der Waals surface area contributed by atoms with Gasteiger partial charge in [-0.05, 0) is 6.07 Å². The fourth-order valence-electron chi connectivity index (χ4n) is 2.25. The van der Waals surface area contributed by atoms with E-state index in [0.717, 1.165) is 5.56 Å². The summed E-state index contributed by atoms with van der Waals surface area (Å²) >= 11 is 0. The molecule has 6 heteroatoms. The molecule has 1 saturated heterocycles. The van der Waals surface area contributed by atoms with Gasteiger partial charge in [0.25, 0.3) is 0 Å². The molecule has 1 amide bonds. The molecule has 2 N–H and O–H groups in total. The van der Waals surface area contributed by atoms with Crippen molar-refractivity contribution in [2.75, 3.05) is 27.3 Å². The number of likely N-dealkylation sites (tertiary alicyclic amines) is 1. The van der Waals surface area contributed by atoms with E-state index >= 15 is 0 Å². The topological polar surface area (TPSA) is 79.2 Å². The van der Waals surface area contributed by atoms with Crippen molar-refractivity contribution in [3.05, 3.63) is 23.8 Å². The van der Waals surface area contributed by atoms with E-state index in [2.05, 4.69) is 0 Å². The van der Waals surface area contributed by atoms with Crippen LogP contribution in [-0.4, -0.2) is 60.5 Å². The van der Waals surface area contributed by atoms with E-state index in [1.165, 1.54) is 12.0 Å². The number of aliphatic hydroxyl groups excluding tert-OH is 2. The second-order valence-electron chi connectivity index (χ2n) is 4.79. The van der Waals surface area contributed by atoms with Gasteiger partial charge in [-0.2, -0.15) is 0 Å². The first-order valence-electron chi connectivity index (χ1n) is 6.40. The van der Waals surface area contributed by atoms with Gasteiger partial charge >= 0.3 is 0 Å². The molecule has 0 aliphatic carbocycles. The van der Waals surface area contributed by atoms with Crippen LogP contribution in [0.15, 0.2) is 18.2 Å². The van der Waals surface area contributed by atoms with Crippen LogP contribution in [0.2, 0.25) is 0 Å². The average Bonchev–Trinajstić information content (AvgIpc) is 2.79. The van der Waals surface area contributed by atoms with Gasteiger partial charge in [0.1, 0.15) is 11.5 Å². The minimum atomic E-state index is -0.864. The molecule has 1 heterocycles. The summed E-state index contributed by atoms with van der Waals surface area (Å²) < 4.78 is 10.3. The van der Waals surface area contributed by atoms with Crippen molar-refractivity contribution >= 4 is 5.91 Å². The van der Waals surface area contributed by atoms with E-state index in [0.29, 0.717) is 11.5 Å². The van der Waals surface area contributed by atoms with Gasteiger partial charge in [-0.25, -0.2) is 0 Å². The molecule has 6 nitrogen and oxygen atoms in total. The number of methoxy groups -OCH3 is 2. The van der Waals surface area contributed by atoms with Crippen molar-refractivity contribution in [1.82, 2.24) is 4.90 Å². The Morgan fingerprint density at radius 3 is 2.45 bits per heavy atom. The Hall–Kier alpha value is -1.79. The highest BCUT2D eigenvalue weighted by Crippen LogP contribution is 2.25. The Balaban J connectivity index is 2.08. The van der Waals surface area contributed by atoms with Gasteiger partial charge in [0.15, 0.2) is 0 Å². The first-order valence-corrected chi connectivity index (χ1v) is 6.40. The van der Waals surface area contributed by atoms with Gasteiger partial charge in [0.2, 0.25) is 5.91 Å². The SMILES string of the molecule is COc1ccc(CC(=O)N2CC(O)C(O)C2)c(OC)c1. The first-order chi connectivity index (χ1) is 9.55. The zero-order valence-electron chi connectivity index (χ0n) is 11.6. The quantitative estimate of drug-likeness (QED) is 0.800. The van der Waals surface area contributed by atoms with Crippen LogP contribution >= 0.6 is 0 Å². The molecule has 0 radical (unpaired) electrons. The molecular weight excluding hydrogens is 262 g/mol. The molecule has 1 aliphatic heterocycles. The molecule has 2 unspecified atom stereocenters. The van der Waals surface area contributed by atoms with Crippen LogP contribution < -0.4 is 9.47 Å². The van der Waals surface area contributed by atoms with Crippen LogP contribution in [0.4, 0.5) is 0 Å². The Morgan fingerprint density at radius 1 is 1.25 bits per heavy atom. The predicted octanol–water partition coefficient (Wildman–Crippen LogP) is -0.190. The maximum Gasteiger partial charge on any atom is 0.227 e. The number of carbonyl (C=O) groups is 1. The zero-order chi connectivity index (χ0) is 14.7. The summed E-state index contributed by atoms with van der Waals surface area (Å²) in [5, 5.41) is 18.9. The largest absolute Gasteiger partial charge is 0.497 e. The van der Waals surface area contributed by atoms with E-state index in [9.17, 15) is 15.0 Å². The van der Waals surface area contributed by atoms with Crippen molar-refractivity contribution in [2.45, 2.75) is 18.6 Å². The molecule has 1 aromatic rings. The fourth-order valence-corrected chi connectivity index (χ4v) is 2.25. The lowest BCUT2D eigenvalue weighted by molar-refractivity contribution is -0.130. The average molecular weight is 281 g/mol. The molecule has 1 aromatic carbocycles. The van der Waals surface area contributed by atoms with Crippen LogP contribution in [0.25, 0.3) is 0 Å². The number of nitrogens with zero attached hydrogens (tertiary/aromatic N) is 1. The van der Waals surface area contributed by atoms with E-state index in [4.69, 9.17) is 9.47 Å². The molecule has 1 aliphatic rings. The van der Waals surface area contributed by atoms with Gasteiger partial charge in [-0.1, -0.05) is 6.07 Å². The molecule has 2 atom stereocenters. The number of amides is 1. The summed E-state index contributed by atoms with van der Waals surface area (Å²) in [6, 6.07) is 5.26. The first kappa shape index (κ1) is 14.6. The van der Waals surface area contributed by atoms with Gasteiger partial charge in [-0.15, -0.1) is 0 Å². The smallest absolute Gasteiger partial charge is 0.227 e. The number of rotatable bonds is 4. The second-order valence-corrected chi connectivity index (χ2v) is 4.79. The third-order valence-electron chi connectivity index (χ3n) is 3.45. The summed E-state index contributed by atoms with van der Waals surface area (Å²) in [5.74, 6) is 1.09. The zero-order valence-corrected chi connectivity index (χ0v) is 11.6. The van der Waals surface area contributed by atoms with Crippen molar-refractivity contribution in [3.63, 3.8) is 0 Å². The summed E-state index contributed by atoms with van der Waals surface area (Å²) in [4.78, 5) is 13.6. The Bertz CT molecular complexity index is 480. The number of hydrogen-bond acceptors (Lipinski definition) is 5. The molecule has 0 bridgehead atoms. The number of aliphatic hydroxyl groups is 2. The predicted molar refractivity (Wildman–Crippen MR) is 71.8 cm³/mol. The van der Waals surface area contributed by atoms with Crippen LogP contribution in [0.3, 0.4) is 0 Å². The van der Waals surface area contributed by atoms with E-state index in [1.54, 1.807) is 25.3 Å². The van der Waals surface area contributed by atoms with Crippen LogP contribution in [0.5, 0.6) is 11.5 Å². The van der Waals surface area contributed by atoms with E-state index < -0.39 is 12.2 Å². The molecule has 20 heavy (non-hydrogen) atoms. The van der Waals surface area contributed by atoms with Crippen LogP contribution in [0, 0.1) is 0 Å². The summed E-state index contributed by atoms with van der Waals surface area (Å²) in [7, 11) is 3.10. The highest BCUT2D eigenvalue weighted by molar-refractivity contribution is 5.80. The highest BCUT2D eigenvalue weighted by atomic mass is 16.5. The van der Waals surface area contributed by atoms with Gasteiger partial charge in [0.05, 0.1) is 32.8 Å². The van der Waals surface area contributed by atoms with Gasteiger partial charge in [-0.3, -0.25) is 4.79 Å². The van der Waals surface area contributed by atoms with Crippen molar-refractivity contribution in [2.24, 2.45) is 0 Å². The standard InChI is InChI=1S/C14H19NO5/c1-19-10-4-3-9(13(6-10)20-2)5-14(18)15-7-11(16)12(17)8-15/h3-4,6,11-12,16-17H,5,7-8H2,1-2H3. The van der Waals surface area contributed by atoms with Crippen LogP contribution in [0.1, 0.15) is 5.56 Å². The Morgan fingerprint density at radius 2 is 1.90 bits per heavy atom. The minimum Gasteiger partial charge on any atom is -0.497 e. The fraction of sp³-hybridized carbons (Fsp3) is 0.500. The van der Waals surface area contributed by atoms with E-state index in [1.807, 2.05) is 0 Å². The van der Waals surface area contributed by atoms with Crippen molar-refractivity contribution < 1.29 is 24.5 Å². The molecule has 110 valence electrons. The molecule has 0 spiro atoms.